The highest BCUT2D eigenvalue weighted by Crippen LogP contribution is 2.18. The van der Waals surface area contributed by atoms with Gasteiger partial charge in [-0.2, -0.15) is 0 Å². The van der Waals surface area contributed by atoms with E-state index in [4.69, 9.17) is 4.74 Å². The number of hydrogen-bond donors (Lipinski definition) is 1. The molecule has 1 heterocycles. The van der Waals surface area contributed by atoms with Gasteiger partial charge in [0.1, 0.15) is 17.3 Å². The molecule has 0 bridgehead atoms. The lowest BCUT2D eigenvalue weighted by atomic mass is 10.2. The van der Waals surface area contributed by atoms with Crippen LogP contribution in [-0.4, -0.2) is 18.0 Å². The molecule has 1 amide bonds. The Bertz CT molecular complexity index is 653. The molecule has 0 saturated heterocycles. The molecule has 2 aromatic rings. The van der Waals surface area contributed by atoms with E-state index in [0.717, 1.165) is 17.0 Å². The number of carbonyl (C=O) groups excluding carboxylic acids is 2. The van der Waals surface area contributed by atoms with E-state index in [2.05, 4.69) is 5.32 Å². The van der Waals surface area contributed by atoms with E-state index >= 15 is 0 Å². The molecule has 0 radical (unpaired) electrons. The topological polar surface area (TPSA) is 55.4 Å². The van der Waals surface area contributed by atoms with E-state index < -0.39 is 35.3 Å². The number of anilines is 1. The van der Waals surface area contributed by atoms with Gasteiger partial charge in [-0.1, -0.05) is 12.1 Å². The summed E-state index contributed by atoms with van der Waals surface area (Å²) in [5.41, 5.74) is -0.561. The zero-order valence-electron chi connectivity index (χ0n) is 11.6. The minimum Gasteiger partial charge on any atom is -0.452 e. The highest BCUT2D eigenvalue weighted by molar-refractivity contribution is 7.10. The summed E-state index contributed by atoms with van der Waals surface area (Å²) in [5.74, 6) is -3.18. The number of hydrogen-bond acceptors (Lipinski definition) is 4. The monoisotopic (exact) mass is 325 g/mol. The van der Waals surface area contributed by atoms with Crippen molar-refractivity contribution in [2.45, 2.75) is 19.4 Å². The molecule has 0 aliphatic carbocycles. The van der Waals surface area contributed by atoms with Crippen LogP contribution in [0.5, 0.6) is 0 Å². The van der Waals surface area contributed by atoms with E-state index in [9.17, 15) is 18.4 Å². The van der Waals surface area contributed by atoms with Crippen molar-refractivity contribution in [2.24, 2.45) is 0 Å². The molecule has 116 valence electrons. The van der Waals surface area contributed by atoms with Crippen molar-refractivity contribution in [1.82, 2.24) is 0 Å². The quantitative estimate of drug-likeness (QED) is 0.859. The Labute approximate surface area is 129 Å². The summed E-state index contributed by atoms with van der Waals surface area (Å²) in [6, 6.07) is 6.79. The number of thiophene rings is 1. The molecule has 2 rings (SSSR count). The van der Waals surface area contributed by atoms with Crippen molar-refractivity contribution in [2.75, 3.05) is 5.32 Å². The van der Waals surface area contributed by atoms with Gasteiger partial charge in [0.2, 0.25) is 0 Å². The smallest absolute Gasteiger partial charge is 0.311 e. The molecular weight excluding hydrogens is 312 g/mol. The fourth-order valence-corrected chi connectivity index (χ4v) is 2.38. The van der Waals surface area contributed by atoms with Crippen LogP contribution in [0, 0.1) is 11.6 Å². The third-order valence-corrected chi connectivity index (χ3v) is 3.66. The molecule has 22 heavy (non-hydrogen) atoms. The molecule has 7 heteroatoms. The maximum absolute atomic E-state index is 13.4. The fourth-order valence-electron chi connectivity index (χ4n) is 1.69. The lowest BCUT2D eigenvalue weighted by molar-refractivity contribution is -0.152. The zero-order chi connectivity index (χ0) is 16.1. The number of carbonyl (C=O) groups is 2. The molecule has 1 aromatic heterocycles. The minimum atomic E-state index is -1.16. The lowest BCUT2D eigenvalue weighted by Crippen LogP contribution is -2.31. The average Bonchev–Trinajstić information content (AvgIpc) is 2.95. The molecule has 1 unspecified atom stereocenters. The van der Waals surface area contributed by atoms with Gasteiger partial charge in [0, 0.05) is 4.88 Å². The van der Waals surface area contributed by atoms with Gasteiger partial charge in [-0.15, -0.1) is 11.3 Å². The Morgan fingerprint density at radius 2 is 1.91 bits per heavy atom. The Morgan fingerprint density at radius 1 is 1.23 bits per heavy atom. The van der Waals surface area contributed by atoms with Gasteiger partial charge in [0.25, 0.3) is 5.91 Å². The standard InChI is InChI=1S/C15H13F2NO3S/c1-9(21-13(19)8-10-4-3-7-22-10)15(20)18-14-11(16)5-2-6-12(14)17/h2-7,9H,8H2,1H3,(H,18,20). The van der Waals surface area contributed by atoms with Crippen LogP contribution in [0.25, 0.3) is 0 Å². The van der Waals surface area contributed by atoms with Crippen LogP contribution in [0.4, 0.5) is 14.5 Å². The molecular formula is C15H13F2NO3S. The van der Waals surface area contributed by atoms with Gasteiger partial charge in [-0.05, 0) is 30.5 Å². The number of nitrogens with one attached hydrogen (secondary N) is 1. The summed E-state index contributed by atoms with van der Waals surface area (Å²) >= 11 is 1.39. The number of rotatable bonds is 5. The van der Waals surface area contributed by atoms with Crippen LogP contribution >= 0.6 is 11.3 Å². The highest BCUT2D eigenvalue weighted by atomic mass is 32.1. The number of benzene rings is 1. The zero-order valence-corrected chi connectivity index (χ0v) is 12.5. The lowest BCUT2D eigenvalue weighted by Gasteiger charge is -2.14. The first-order valence-electron chi connectivity index (χ1n) is 6.44. The molecule has 0 spiro atoms. The maximum Gasteiger partial charge on any atom is 0.311 e. The second-order valence-corrected chi connectivity index (χ2v) is 5.51. The van der Waals surface area contributed by atoms with Gasteiger partial charge in [-0.3, -0.25) is 9.59 Å². The van der Waals surface area contributed by atoms with Crippen LogP contribution < -0.4 is 5.32 Å². The molecule has 4 nitrogen and oxygen atoms in total. The first-order valence-corrected chi connectivity index (χ1v) is 7.32. The van der Waals surface area contributed by atoms with Gasteiger partial charge in [0.15, 0.2) is 6.10 Å². The number of esters is 1. The average molecular weight is 325 g/mol. The summed E-state index contributed by atoms with van der Waals surface area (Å²) in [4.78, 5) is 24.3. The van der Waals surface area contributed by atoms with Crippen molar-refractivity contribution in [3.05, 3.63) is 52.2 Å². The second-order valence-electron chi connectivity index (χ2n) is 4.47. The number of para-hydroxylation sites is 1. The summed E-state index contributed by atoms with van der Waals surface area (Å²) in [5, 5.41) is 3.90. The van der Waals surface area contributed by atoms with Gasteiger partial charge in [-0.25, -0.2) is 8.78 Å². The normalized spacial score (nSPS) is 11.8. The molecule has 0 fully saturated rings. The largest absolute Gasteiger partial charge is 0.452 e. The van der Waals surface area contributed by atoms with Gasteiger partial charge >= 0.3 is 5.97 Å². The third-order valence-electron chi connectivity index (χ3n) is 2.79. The van der Waals surface area contributed by atoms with Crippen LogP contribution in [0.15, 0.2) is 35.7 Å². The number of amides is 1. The first kappa shape index (κ1) is 16.1. The van der Waals surface area contributed by atoms with Crippen LogP contribution in [0.2, 0.25) is 0 Å². The van der Waals surface area contributed by atoms with Crippen LogP contribution in [-0.2, 0) is 20.7 Å². The molecule has 1 atom stereocenters. The third kappa shape index (κ3) is 4.11. The van der Waals surface area contributed by atoms with Gasteiger partial charge in [0.05, 0.1) is 6.42 Å². The van der Waals surface area contributed by atoms with Crippen molar-refractivity contribution in [3.63, 3.8) is 0 Å². The Morgan fingerprint density at radius 3 is 2.50 bits per heavy atom. The van der Waals surface area contributed by atoms with Crippen LogP contribution in [0.1, 0.15) is 11.8 Å². The number of halogens is 2. The molecule has 1 aromatic carbocycles. The van der Waals surface area contributed by atoms with E-state index in [1.54, 1.807) is 12.1 Å². The summed E-state index contributed by atoms with van der Waals surface area (Å²) < 4.78 is 31.8. The van der Waals surface area contributed by atoms with E-state index in [1.807, 2.05) is 5.38 Å². The predicted octanol–water partition coefficient (Wildman–Crippen LogP) is 3.14. The Kier molecular flexibility index (Phi) is 5.21. The van der Waals surface area contributed by atoms with Crippen molar-refractivity contribution in [3.8, 4) is 0 Å². The molecule has 0 saturated carbocycles. The maximum atomic E-state index is 13.4. The van der Waals surface area contributed by atoms with Gasteiger partial charge < -0.3 is 10.1 Å². The summed E-state index contributed by atoms with van der Waals surface area (Å²) in [6.45, 7) is 1.33. The number of ether oxygens (including phenoxy) is 1. The summed E-state index contributed by atoms with van der Waals surface area (Å²) in [6.07, 6.45) is -1.12. The van der Waals surface area contributed by atoms with E-state index in [-0.39, 0.29) is 6.42 Å². The first-order chi connectivity index (χ1) is 10.5. The van der Waals surface area contributed by atoms with Crippen molar-refractivity contribution in [1.29, 1.82) is 0 Å². The van der Waals surface area contributed by atoms with Crippen molar-refractivity contribution < 1.29 is 23.1 Å². The van der Waals surface area contributed by atoms with Crippen LogP contribution in [0.3, 0.4) is 0 Å². The highest BCUT2D eigenvalue weighted by Gasteiger charge is 2.21. The SMILES string of the molecule is CC(OC(=O)Cc1cccs1)C(=O)Nc1c(F)cccc1F. The Hall–Kier alpha value is -2.28. The minimum absolute atomic E-state index is 0.0450. The molecule has 0 aliphatic heterocycles. The van der Waals surface area contributed by atoms with E-state index in [1.165, 1.54) is 24.3 Å². The summed E-state index contributed by atoms with van der Waals surface area (Å²) in [7, 11) is 0. The molecule has 0 aliphatic rings. The van der Waals surface area contributed by atoms with E-state index in [0.29, 0.717) is 0 Å². The fraction of sp³-hybridized carbons (Fsp3) is 0.200. The second kappa shape index (κ2) is 7.13. The van der Waals surface area contributed by atoms with Crippen molar-refractivity contribution >= 4 is 28.9 Å². The predicted molar refractivity (Wildman–Crippen MR) is 78.6 cm³/mol. The Balaban J connectivity index is 1.93. The molecule has 1 N–H and O–H groups in total.